The van der Waals surface area contributed by atoms with Crippen molar-refractivity contribution in [2.75, 3.05) is 38.7 Å². The monoisotopic (exact) mass is 416 g/mol. The summed E-state index contributed by atoms with van der Waals surface area (Å²) in [5, 5.41) is 3.79. The van der Waals surface area contributed by atoms with Gasteiger partial charge in [0.1, 0.15) is 11.6 Å². The first-order chi connectivity index (χ1) is 14.0. The number of hydrogen-bond donors (Lipinski definition) is 1. The van der Waals surface area contributed by atoms with E-state index in [0.717, 1.165) is 44.0 Å². The van der Waals surface area contributed by atoms with Crippen molar-refractivity contribution in [3.63, 3.8) is 0 Å². The van der Waals surface area contributed by atoms with Crippen LogP contribution >= 0.6 is 11.6 Å². The quantitative estimate of drug-likeness (QED) is 0.747. The summed E-state index contributed by atoms with van der Waals surface area (Å²) in [6.07, 6.45) is 3.50. The second-order valence-corrected chi connectivity index (χ2v) is 7.93. The number of anilines is 1. The van der Waals surface area contributed by atoms with Crippen LogP contribution in [0.4, 0.5) is 5.82 Å². The zero-order chi connectivity index (χ0) is 20.8. The predicted molar refractivity (Wildman–Crippen MR) is 117 cm³/mol. The van der Waals surface area contributed by atoms with E-state index in [-0.39, 0.29) is 11.9 Å². The highest BCUT2D eigenvalue weighted by atomic mass is 35.5. The molecule has 0 atom stereocenters. The van der Waals surface area contributed by atoms with Gasteiger partial charge in [0.2, 0.25) is 0 Å². The number of nitrogens with zero attached hydrogens (tertiary/aromatic N) is 3. The molecule has 1 fully saturated rings. The van der Waals surface area contributed by atoms with E-state index in [0.29, 0.717) is 17.2 Å². The van der Waals surface area contributed by atoms with Gasteiger partial charge in [-0.3, -0.25) is 9.69 Å². The lowest BCUT2D eigenvalue weighted by atomic mass is 10.0. The number of carbonyl (C=O) groups excluding carboxylic acids is 1. The van der Waals surface area contributed by atoms with Gasteiger partial charge in [0.15, 0.2) is 0 Å². The van der Waals surface area contributed by atoms with Crippen molar-refractivity contribution in [2.45, 2.75) is 32.4 Å². The van der Waals surface area contributed by atoms with E-state index < -0.39 is 0 Å². The van der Waals surface area contributed by atoms with Crippen LogP contribution in [0.15, 0.2) is 36.5 Å². The van der Waals surface area contributed by atoms with Crippen molar-refractivity contribution in [3.05, 3.63) is 52.7 Å². The Morgan fingerprint density at radius 3 is 2.66 bits per heavy atom. The molecule has 2 heterocycles. The number of piperidine rings is 1. The lowest BCUT2D eigenvalue weighted by molar-refractivity contribution is 0.0908. The Morgan fingerprint density at radius 1 is 1.28 bits per heavy atom. The number of aromatic nitrogens is 1. The number of benzene rings is 1. The first-order valence-corrected chi connectivity index (χ1v) is 10.4. The topological polar surface area (TPSA) is 57.7 Å². The minimum absolute atomic E-state index is 0.0553. The summed E-state index contributed by atoms with van der Waals surface area (Å²) >= 11 is 6.17. The van der Waals surface area contributed by atoms with Gasteiger partial charge in [-0.15, -0.1) is 0 Å². The van der Waals surface area contributed by atoms with Crippen LogP contribution in [-0.2, 0) is 6.54 Å². The lowest BCUT2D eigenvalue weighted by Gasteiger charge is -2.32. The van der Waals surface area contributed by atoms with Crippen LogP contribution in [0.1, 0.15) is 35.7 Å². The first-order valence-electron chi connectivity index (χ1n) is 10.0. The molecular formula is C22H29ClN4O2. The highest BCUT2D eigenvalue weighted by Gasteiger charge is 2.21. The zero-order valence-corrected chi connectivity index (χ0v) is 18.1. The minimum Gasteiger partial charge on any atom is -0.492 e. The molecule has 29 heavy (non-hydrogen) atoms. The largest absolute Gasteiger partial charge is 0.492 e. The molecule has 1 saturated heterocycles. The number of rotatable bonds is 7. The third kappa shape index (κ3) is 5.84. The molecule has 1 N–H and O–H groups in total. The van der Waals surface area contributed by atoms with Gasteiger partial charge < -0.3 is 15.0 Å². The van der Waals surface area contributed by atoms with Crippen LogP contribution in [0, 0.1) is 0 Å². The summed E-state index contributed by atoms with van der Waals surface area (Å²) in [5.41, 5.74) is 1.79. The Bertz CT molecular complexity index is 818. The van der Waals surface area contributed by atoms with Crippen LogP contribution in [0.3, 0.4) is 0 Å². The summed E-state index contributed by atoms with van der Waals surface area (Å²) in [7, 11) is 3.86. The molecule has 1 aliphatic rings. The van der Waals surface area contributed by atoms with Crippen molar-refractivity contribution >= 4 is 23.3 Å². The summed E-state index contributed by atoms with van der Waals surface area (Å²) < 4.78 is 5.58. The molecule has 3 rings (SSSR count). The van der Waals surface area contributed by atoms with Gasteiger partial charge in [0.25, 0.3) is 5.91 Å². The Kier molecular flexibility index (Phi) is 7.34. The second kappa shape index (κ2) is 9.94. The molecule has 0 bridgehead atoms. The van der Waals surface area contributed by atoms with E-state index in [1.807, 2.05) is 56.3 Å². The maximum absolute atomic E-state index is 12.5. The molecule has 1 aromatic carbocycles. The molecule has 156 valence electrons. The fraction of sp³-hybridized carbons (Fsp3) is 0.455. The summed E-state index contributed by atoms with van der Waals surface area (Å²) in [6.45, 7) is 5.29. The molecule has 0 aliphatic carbocycles. The molecule has 2 aromatic rings. The zero-order valence-electron chi connectivity index (χ0n) is 17.3. The van der Waals surface area contributed by atoms with Crippen LogP contribution in [0.2, 0.25) is 5.02 Å². The Labute approximate surface area is 177 Å². The maximum Gasteiger partial charge on any atom is 0.253 e. The van der Waals surface area contributed by atoms with Crippen LogP contribution < -0.4 is 15.0 Å². The number of likely N-dealkylation sites (tertiary alicyclic amines) is 1. The third-order valence-electron chi connectivity index (χ3n) is 5.09. The van der Waals surface area contributed by atoms with Gasteiger partial charge in [-0.25, -0.2) is 4.98 Å². The summed E-state index contributed by atoms with van der Waals surface area (Å²) in [4.78, 5) is 21.1. The average molecular weight is 417 g/mol. The Hall–Kier alpha value is -2.31. The SMILES string of the molecule is CCOc1cc(CN2CCC(NC(=O)c3ccc(N(C)C)nc3)CC2)ccc1Cl. The van der Waals surface area contributed by atoms with Gasteiger partial charge in [0, 0.05) is 46.0 Å². The van der Waals surface area contributed by atoms with Crippen molar-refractivity contribution in [3.8, 4) is 5.75 Å². The summed E-state index contributed by atoms with van der Waals surface area (Å²) in [5.74, 6) is 1.52. The van der Waals surface area contributed by atoms with Gasteiger partial charge in [0.05, 0.1) is 17.2 Å². The van der Waals surface area contributed by atoms with E-state index >= 15 is 0 Å². The highest BCUT2D eigenvalue weighted by Crippen LogP contribution is 2.26. The molecule has 7 heteroatoms. The third-order valence-corrected chi connectivity index (χ3v) is 5.40. The number of ether oxygens (including phenoxy) is 1. The predicted octanol–water partition coefficient (Wildman–Crippen LogP) is 3.59. The molecule has 0 spiro atoms. The van der Waals surface area contributed by atoms with E-state index in [2.05, 4.69) is 15.2 Å². The molecular weight excluding hydrogens is 388 g/mol. The van der Waals surface area contributed by atoms with E-state index in [9.17, 15) is 4.79 Å². The second-order valence-electron chi connectivity index (χ2n) is 7.52. The molecule has 6 nitrogen and oxygen atoms in total. The fourth-order valence-corrected chi connectivity index (χ4v) is 3.63. The maximum atomic E-state index is 12.5. The molecule has 1 aromatic heterocycles. The molecule has 1 aliphatic heterocycles. The molecule has 0 saturated carbocycles. The highest BCUT2D eigenvalue weighted by molar-refractivity contribution is 6.32. The van der Waals surface area contributed by atoms with Crippen LogP contribution in [-0.4, -0.2) is 55.6 Å². The normalized spacial score (nSPS) is 15.2. The van der Waals surface area contributed by atoms with Crippen LogP contribution in [0.25, 0.3) is 0 Å². The van der Waals surface area contributed by atoms with Crippen molar-refractivity contribution < 1.29 is 9.53 Å². The van der Waals surface area contributed by atoms with Gasteiger partial charge in [-0.05, 0) is 49.6 Å². The van der Waals surface area contributed by atoms with Crippen molar-refractivity contribution in [1.29, 1.82) is 0 Å². The number of carbonyl (C=O) groups is 1. The molecule has 1 amide bonds. The average Bonchev–Trinajstić information content (AvgIpc) is 2.72. The van der Waals surface area contributed by atoms with E-state index in [4.69, 9.17) is 16.3 Å². The number of nitrogens with one attached hydrogen (secondary N) is 1. The standard InChI is InChI=1S/C22H29ClN4O2/c1-4-29-20-13-16(5-7-19(20)23)15-27-11-9-18(10-12-27)25-22(28)17-6-8-21(24-14-17)26(2)3/h5-8,13-14,18H,4,9-12,15H2,1-3H3,(H,25,28). The molecule has 0 radical (unpaired) electrons. The number of hydrogen-bond acceptors (Lipinski definition) is 5. The molecule has 0 unspecified atom stereocenters. The number of pyridine rings is 1. The lowest BCUT2D eigenvalue weighted by Crippen LogP contribution is -2.44. The van der Waals surface area contributed by atoms with E-state index in [1.54, 1.807) is 6.20 Å². The van der Waals surface area contributed by atoms with Crippen LogP contribution in [0.5, 0.6) is 5.75 Å². The number of amides is 1. The number of halogens is 1. The fourth-order valence-electron chi connectivity index (χ4n) is 3.46. The van der Waals surface area contributed by atoms with Crippen molar-refractivity contribution in [2.24, 2.45) is 0 Å². The Balaban J connectivity index is 1.49. The minimum atomic E-state index is -0.0553. The smallest absolute Gasteiger partial charge is 0.253 e. The van der Waals surface area contributed by atoms with Gasteiger partial charge in [-0.1, -0.05) is 17.7 Å². The van der Waals surface area contributed by atoms with E-state index in [1.165, 1.54) is 5.56 Å². The Morgan fingerprint density at radius 2 is 2.03 bits per heavy atom. The van der Waals surface area contributed by atoms with Crippen molar-refractivity contribution in [1.82, 2.24) is 15.2 Å². The first kappa shape index (κ1) is 21.4. The summed E-state index contributed by atoms with van der Waals surface area (Å²) in [6, 6.07) is 9.83. The van der Waals surface area contributed by atoms with Gasteiger partial charge >= 0.3 is 0 Å². The van der Waals surface area contributed by atoms with Gasteiger partial charge in [-0.2, -0.15) is 0 Å².